The van der Waals surface area contributed by atoms with Gasteiger partial charge in [0.1, 0.15) is 5.75 Å². The number of rotatable bonds is 13. The highest BCUT2D eigenvalue weighted by Crippen LogP contribution is 2.45. The second-order valence-corrected chi connectivity index (χ2v) is 10.7. The van der Waals surface area contributed by atoms with Crippen molar-refractivity contribution in [1.29, 1.82) is 0 Å². The van der Waals surface area contributed by atoms with Crippen molar-refractivity contribution in [2.75, 3.05) is 13.2 Å². The molecule has 4 aromatic carbocycles. The SMILES string of the molecule is Cc1cccc(CNC(=O)[C@]2(C/C=C/c3ccccc3)N=C(c3ccc(OCCCO)cc3)O[C@@H]2c2ccccc2N=[N+]=[N-])c1. The molecule has 0 fully saturated rings. The van der Waals surface area contributed by atoms with E-state index in [2.05, 4.69) is 15.3 Å². The Kier molecular flexibility index (Phi) is 10.3. The van der Waals surface area contributed by atoms with Gasteiger partial charge in [-0.3, -0.25) is 4.79 Å². The van der Waals surface area contributed by atoms with Crippen LogP contribution in [0.15, 0.2) is 119 Å². The number of nitrogens with zero attached hydrogens (tertiary/aromatic N) is 4. The number of aryl methyl sites for hydroxylation is 1. The van der Waals surface area contributed by atoms with Gasteiger partial charge in [-0.1, -0.05) is 102 Å². The van der Waals surface area contributed by atoms with Crippen molar-refractivity contribution in [2.24, 2.45) is 10.1 Å². The average molecular weight is 602 g/mol. The van der Waals surface area contributed by atoms with Crippen molar-refractivity contribution in [1.82, 2.24) is 5.32 Å². The number of ether oxygens (including phenoxy) is 2. The Balaban J connectivity index is 1.57. The molecule has 45 heavy (non-hydrogen) atoms. The summed E-state index contributed by atoms with van der Waals surface area (Å²) in [6.07, 6.45) is 3.73. The number of hydrogen-bond donors (Lipinski definition) is 2. The topological polar surface area (TPSA) is 129 Å². The summed E-state index contributed by atoms with van der Waals surface area (Å²) >= 11 is 0. The minimum absolute atomic E-state index is 0.0498. The van der Waals surface area contributed by atoms with E-state index in [9.17, 15) is 10.3 Å². The summed E-state index contributed by atoms with van der Waals surface area (Å²) < 4.78 is 12.3. The number of aliphatic hydroxyl groups is 1. The van der Waals surface area contributed by atoms with Crippen LogP contribution in [0.1, 0.15) is 46.8 Å². The minimum Gasteiger partial charge on any atom is -0.494 e. The molecule has 228 valence electrons. The van der Waals surface area contributed by atoms with Crippen molar-refractivity contribution < 1.29 is 19.4 Å². The number of hydrogen-bond acceptors (Lipinski definition) is 6. The zero-order valence-electron chi connectivity index (χ0n) is 25.0. The van der Waals surface area contributed by atoms with Gasteiger partial charge in [0.2, 0.25) is 5.90 Å². The number of benzene rings is 4. The van der Waals surface area contributed by atoms with Crippen LogP contribution in [0.3, 0.4) is 0 Å². The first kappa shape index (κ1) is 31.1. The van der Waals surface area contributed by atoms with Gasteiger partial charge in [-0.15, -0.1) is 0 Å². The summed E-state index contributed by atoms with van der Waals surface area (Å²) in [6, 6.07) is 32.1. The van der Waals surface area contributed by atoms with Gasteiger partial charge in [0, 0.05) is 47.7 Å². The summed E-state index contributed by atoms with van der Waals surface area (Å²) in [5, 5.41) is 16.1. The molecule has 0 bridgehead atoms. The minimum atomic E-state index is -1.43. The first-order valence-corrected chi connectivity index (χ1v) is 14.8. The number of aliphatic hydroxyl groups excluding tert-OH is 1. The fourth-order valence-electron chi connectivity index (χ4n) is 5.24. The van der Waals surface area contributed by atoms with E-state index >= 15 is 0 Å². The van der Waals surface area contributed by atoms with Gasteiger partial charge in [0.15, 0.2) is 11.6 Å². The van der Waals surface area contributed by atoms with Gasteiger partial charge in [-0.25, -0.2) is 4.99 Å². The van der Waals surface area contributed by atoms with E-state index in [-0.39, 0.29) is 24.8 Å². The van der Waals surface area contributed by atoms with Crippen molar-refractivity contribution >= 4 is 23.6 Å². The molecule has 0 radical (unpaired) electrons. The van der Waals surface area contributed by atoms with Crippen LogP contribution >= 0.6 is 0 Å². The van der Waals surface area contributed by atoms with Crippen LogP contribution < -0.4 is 10.1 Å². The Bertz CT molecular complexity index is 1720. The highest BCUT2D eigenvalue weighted by atomic mass is 16.5. The average Bonchev–Trinajstić information content (AvgIpc) is 3.45. The maximum absolute atomic E-state index is 14.4. The molecule has 0 aromatic heterocycles. The molecule has 1 amide bonds. The Morgan fingerprint density at radius 1 is 1.07 bits per heavy atom. The van der Waals surface area contributed by atoms with Crippen molar-refractivity contribution in [3.8, 4) is 5.75 Å². The summed E-state index contributed by atoms with van der Waals surface area (Å²) in [5.74, 6) is 0.613. The third kappa shape index (κ3) is 7.59. The third-order valence-corrected chi connectivity index (χ3v) is 7.48. The van der Waals surface area contributed by atoms with Crippen LogP contribution in [-0.2, 0) is 16.1 Å². The molecule has 2 N–H and O–H groups in total. The zero-order valence-corrected chi connectivity index (χ0v) is 25.0. The van der Waals surface area contributed by atoms with Crippen molar-refractivity contribution in [2.45, 2.75) is 38.0 Å². The van der Waals surface area contributed by atoms with Gasteiger partial charge in [-0.2, -0.15) is 0 Å². The molecule has 0 saturated heterocycles. The van der Waals surface area contributed by atoms with Gasteiger partial charge in [0.05, 0.1) is 6.61 Å². The highest BCUT2D eigenvalue weighted by molar-refractivity contribution is 6.01. The van der Waals surface area contributed by atoms with Crippen LogP contribution in [0.25, 0.3) is 16.5 Å². The fourth-order valence-corrected chi connectivity index (χ4v) is 5.24. The van der Waals surface area contributed by atoms with E-state index in [0.29, 0.717) is 42.1 Å². The predicted octanol–water partition coefficient (Wildman–Crippen LogP) is 7.37. The van der Waals surface area contributed by atoms with E-state index in [1.807, 2.05) is 91.9 Å². The number of azide groups is 1. The van der Waals surface area contributed by atoms with Gasteiger partial charge >= 0.3 is 0 Å². The second kappa shape index (κ2) is 14.9. The Labute approximate surface area is 262 Å². The molecule has 0 aliphatic carbocycles. The smallest absolute Gasteiger partial charge is 0.252 e. The molecule has 0 saturated carbocycles. The zero-order chi connectivity index (χ0) is 31.5. The quantitative estimate of drug-likeness (QED) is 0.0717. The molecule has 1 heterocycles. The van der Waals surface area contributed by atoms with E-state index in [1.54, 1.807) is 30.3 Å². The molecule has 1 aliphatic heterocycles. The number of amides is 1. The normalized spacial score (nSPS) is 17.3. The van der Waals surface area contributed by atoms with E-state index in [0.717, 1.165) is 16.7 Å². The number of nitrogens with one attached hydrogen (secondary N) is 1. The number of carbonyl (C=O) groups excluding carboxylic acids is 1. The van der Waals surface area contributed by atoms with Crippen molar-refractivity contribution in [3.05, 3.63) is 147 Å². The molecule has 1 aliphatic rings. The van der Waals surface area contributed by atoms with Gasteiger partial charge in [-0.05, 0) is 47.8 Å². The lowest BCUT2D eigenvalue weighted by Gasteiger charge is -2.30. The number of aliphatic imine (C=N–C) groups is 1. The van der Waals surface area contributed by atoms with Crippen molar-refractivity contribution in [3.63, 3.8) is 0 Å². The molecular formula is C36H35N5O4. The summed E-state index contributed by atoms with van der Waals surface area (Å²) in [5.41, 5.74) is 12.5. The summed E-state index contributed by atoms with van der Waals surface area (Å²) in [6.45, 7) is 2.76. The van der Waals surface area contributed by atoms with E-state index < -0.39 is 11.6 Å². The summed E-state index contributed by atoms with van der Waals surface area (Å²) in [7, 11) is 0. The second-order valence-electron chi connectivity index (χ2n) is 10.7. The van der Waals surface area contributed by atoms with Gasteiger partial charge in [0.25, 0.3) is 5.91 Å². The van der Waals surface area contributed by atoms with Crippen LogP contribution in [0.5, 0.6) is 5.75 Å². The molecule has 9 heteroatoms. The lowest BCUT2D eigenvalue weighted by molar-refractivity contribution is -0.129. The third-order valence-electron chi connectivity index (χ3n) is 7.48. The summed E-state index contributed by atoms with van der Waals surface area (Å²) in [4.78, 5) is 22.5. The maximum Gasteiger partial charge on any atom is 0.252 e. The monoisotopic (exact) mass is 601 g/mol. The Morgan fingerprint density at radius 2 is 1.84 bits per heavy atom. The molecular weight excluding hydrogens is 566 g/mol. The van der Waals surface area contributed by atoms with Crippen LogP contribution in [0.4, 0.5) is 5.69 Å². The predicted molar refractivity (Wildman–Crippen MR) is 175 cm³/mol. The lowest BCUT2D eigenvalue weighted by Crippen LogP contribution is -2.47. The Hall–Kier alpha value is -5.37. The largest absolute Gasteiger partial charge is 0.494 e. The molecule has 0 unspecified atom stereocenters. The van der Waals surface area contributed by atoms with E-state index in [1.165, 1.54) is 0 Å². The standard InChI is InChI=1S/C36H35N5O4/c1-26-10-7-13-28(24-26)25-38-35(43)36(21-8-14-27-11-3-2-4-12-27)33(31-15-5-6-16-32(31)40-41-37)45-34(39-36)29-17-19-30(20-18-29)44-23-9-22-42/h2-8,10-20,24,33,42H,9,21-23,25H2,1H3,(H,38,43)/b14-8+/t33-,36-/m1/s1. The fraction of sp³-hybridized carbons (Fsp3) is 0.222. The molecule has 9 nitrogen and oxygen atoms in total. The number of carbonyl (C=O) groups is 1. The highest BCUT2D eigenvalue weighted by Gasteiger charge is 2.53. The van der Waals surface area contributed by atoms with Crippen LogP contribution in [-0.4, -0.2) is 35.7 Å². The molecule has 2 atom stereocenters. The lowest BCUT2D eigenvalue weighted by atomic mass is 9.83. The maximum atomic E-state index is 14.4. The molecule has 4 aromatic rings. The van der Waals surface area contributed by atoms with Gasteiger partial charge < -0.3 is 19.9 Å². The van der Waals surface area contributed by atoms with E-state index in [4.69, 9.17) is 19.6 Å². The first-order valence-electron chi connectivity index (χ1n) is 14.8. The first-order chi connectivity index (χ1) is 22.0. The van der Waals surface area contributed by atoms with Crippen LogP contribution in [0, 0.1) is 6.92 Å². The van der Waals surface area contributed by atoms with Crippen LogP contribution in [0.2, 0.25) is 0 Å². The molecule has 0 spiro atoms. The molecule has 5 rings (SSSR count). The Morgan fingerprint density at radius 3 is 2.60 bits per heavy atom.